The van der Waals surface area contributed by atoms with Crippen molar-refractivity contribution in [2.45, 2.75) is 13.5 Å². The summed E-state index contributed by atoms with van der Waals surface area (Å²) in [4.78, 5) is 7.72. The third-order valence-electron chi connectivity index (χ3n) is 4.65. The Morgan fingerprint density at radius 3 is 2.61 bits per heavy atom. The highest BCUT2D eigenvalue weighted by Gasteiger charge is 2.10. The lowest BCUT2D eigenvalue weighted by molar-refractivity contribution is 0.269. The Morgan fingerprint density at radius 2 is 1.87 bits per heavy atom. The largest absolute Gasteiger partial charge is 0.490 e. The fourth-order valence-corrected chi connectivity index (χ4v) is 3.41. The van der Waals surface area contributed by atoms with Crippen molar-refractivity contribution < 1.29 is 9.47 Å². The van der Waals surface area contributed by atoms with Crippen LogP contribution in [0, 0.1) is 11.3 Å². The van der Waals surface area contributed by atoms with Gasteiger partial charge in [0.1, 0.15) is 18.5 Å². The normalized spacial score (nSPS) is 11.3. The summed E-state index contributed by atoms with van der Waals surface area (Å²) < 4.78 is 12.8. The van der Waals surface area contributed by atoms with E-state index in [0.717, 1.165) is 26.6 Å². The van der Waals surface area contributed by atoms with Gasteiger partial charge in [0.15, 0.2) is 11.5 Å². The molecule has 0 unspecified atom stereocenters. The van der Waals surface area contributed by atoms with Crippen molar-refractivity contribution in [2.75, 3.05) is 6.61 Å². The molecule has 0 saturated carbocycles. The molecular weight excluding hydrogens is 454 g/mol. The maximum Gasteiger partial charge on any atom is 0.161 e. The van der Waals surface area contributed by atoms with Crippen molar-refractivity contribution >= 4 is 38.6 Å². The molecule has 0 bridgehead atoms. The minimum atomic E-state index is 0.435. The molecule has 6 heteroatoms. The van der Waals surface area contributed by atoms with Gasteiger partial charge in [0.05, 0.1) is 23.2 Å². The zero-order chi connectivity index (χ0) is 21.6. The SMILES string of the molecule is CCOc1cc(/C=C(\C#N)c2nc3ccccc3[nH]2)ccc1OCc1ccc(Br)cc1. The predicted molar refractivity (Wildman–Crippen MR) is 126 cm³/mol. The summed E-state index contributed by atoms with van der Waals surface area (Å²) in [5.74, 6) is 1.83. The van der Waals surface area contributed by atoms with Gasteiger partial charge >= 0.3 is 0 Å². The molecule has 1 aromatic heterocycles. The van der Waals surface area contributed by atoms with Gasteiger partial charge in [0, 0.05) is 4.47 Å². The lowest BCUT2D eigenvalue weighted by Crippen LogP contribution is -2.00. The van der Waals surface area contributed by atoms with Gasteiger partial charge in [-0.3, -0.25) is 0 Å². The number of nitriles is 1. The molecule has 0 aliphatic heterocycles. The van der Waals surface area contributed by atoms with Gasteiger partial charge < -0.3 is 14.5 Å². The molecule has 1 heterocycles. The number of imidazole rings is 1. The first-order valence-electron chi connectivity index (χ1n) is 9.87. The van der Waals surface area contributed by atoms with Gasteiger partial charge in [-0.15, -0.1) is 0 Å². The van der Waals surface area contributed by atoms with Gasteiger partial charge in [-0.1, -0.05) is 46.3 Å². The lowest BCUT2D eigenvalue weighted by atomic mass is 10.1. The summed E-state index contributed by atoms with van der Waals surface area (Å²) in [5, 5.41) is 9.69. The molecule has 0 aliphatic carbocycles. The molecule has 3 aromatic carbocycles. The molecule has 0 fully saturated rings. The molecule has 4 rings (SSSR count). The van der Waals surface area contributed by atoms with Crippen LogP contribution in [0.15, 0.2) is 71.2 Å². The van der Waals surface area contributed by atoms with E-state index < -0.39 is 0 Å². The smallest absolute Gasteiger partial charge is 0.161 e. The predicted octanol–water partition coefficient (Wildman–Crippen LogP) is 6.37. The number of halogens is 1. The molecule has 0 saturated heterocycles. The van der Waals surface area contributed by atoms with Crippen LogP contribution in [0.25, 0.3) is 22.7 Å². The number of H-pyrrole nitrogens is 1. The highest BCUT2D eigenvalue weighted by Crippen LogP contribution is 2.31. The zero-order valence-electron chi connectivity index (χ0n) is 16.9. The Balaban J connectivity index is 1.59. The number of allylic oxidation sites excluding steroid dienone is 1. The standard InChI is InChI=1S/C25H20BrN3O2/c1-2-30-24-14-18(9-12-23(24)31-16-17-7-10-20(26)11-8-17)13-19(15-27)25-28-21-5-3-4-6-22(21)29-25/h3-14H,2,16H2,1H3,(H,28,29)/b19-13+. The topological polar surface area (TPSA) is 70.9 Å². The number of para-hydroxylation sites is 2. The van der Waals surface area contributed by atoms with Crippen molar-refractivity contribution in [3.05, 3.63) is 88.2 Å². The first-order valence-corrected chi connectivity index (χ1v) is 10.7. The maximum absolute atomic E-state index is 9.69. The van der Waals surface area contributed by atoms with Crippen molar-refractivity contribution in [1.82, 2.24) is 9.97 Å². The molecule has 0 spiro atoms. The van der Waals surface area contributed by atoms with E-state index in [-0.39, 0.29) is 0 Å². The average Bonchev–Trinajstić information content (AvgIpc) is 3.22. The summed E-state index contributed by atoms with van der Waals surface area (Å²) in [6, 6.07) is 23.6. The Morgan fingerprint density at radius 1 is 1.06 bits per heavy atom. The number of fused-ring (bicyclic) bond motifs is 1. The van der Waals surface area contributed by atoms with Crippen molar-refractivity contribution in [2.24, 2.45) is 0 Å². The zero-order valence-corrected chi connectivity index (χ0v) is 18.5. The van der Waals surface area contributed by atoms with Gasteiger partial charge in [-0.25, -0.2) is 4.98 Å². The average molecular weight is 474 g/mol. The van der Waals surface area contributed by atoms with Crippen LogP contribution in [0.5, 0.6) is 11.5 Å². The second-order valence-electron chi connectivity index (χ2n) is 6.83. The number of rotatable bonds is 7. The van der Waals surface area contributed by atoms with Crippen LogP contribution in [0.3, 0.4) is 0 Å². The molecule has 0 amide bonds. The number of nitrogens with zero attached hydrogens (tertiary/aromatic N) is 2. The van der Waals surface area contributed by atoms with Crippen LogP contribution in [0.4, 0.5) is 0 Å². The summed E-state index contributed by atoms with van der Waals surface area (Å²) in [6.07, 6.45) is 1.79. The summed E-state index contributed by atoms with van der Waals surface area (Å²) in [5.41, 5.74) is 4.06. The quantitative estimate of drug-likeness (QED) is 0.316. The Hall–Kier alpha value is -3.56. The van der Waals surface area contributed by atoms with Crippen LogP contribution >= 0.6 is 15.9 Å². The first-order chi connectivity index (χ1) is 15.2. The number of nitrogens with one attached hydrogen (secondary N) is 1. The minimum Gasteiger partial charge on any atom is -0.490 e. The van der Waals surface area contributed by atoms with E-state index in [1.807, 2.05) is 73.7 Å². The number of benzene rings is 3. The number of ether oxygens (including phenoxy) is 2. The van der Waals surface area contributed by atoms with Gasteiger partial charge in [-0.05, 0) is 60.5 Å². The number of aromatic amines is 1. The van der Waals surface area contributed by atoms with E-state index in [1.165, 1.54) is 0 Å². The summed E-state index contributed by atoms with van der Waals surface area (Å²) in [6.45, 7) is 2.87. The van der Waals surface area contributed by atoms with E-state index in [0.29, 0.717) is 36.1 Å². The molecule has 31 heavy (non-hydrogen) atoms. The van der Waals surface area contributed by atoms with Crippen LogP contribution < -0.4 is 9.47 Å². The first kappa shape index (κ1) is 20.7. The Bertz CT molecular complexity index is 1240. The molecule has 0 radical (unpaired) electrons. The van der Waals surface area contributed by atoms with Crippen molar-refractivity contribution in [3.8, 4) is 17.6 Å². The fraction of sp³-hybridized carbons (Fsp3) is 0.120. The van der Waals surface area contributed by atoms with Crippen LogP contribution in [-0.2, 0) is 6.61 Å². The van der Waals surface area contributed by atoms with Gasteiger partial charge in [0.25, 0.3) is 0 Å². The second kappa shape index (κ2) is 9.50. The van der Waals surface area contributed by atoms with E-state index in [4.69, 9.17) is 9.47 Å². The highest BCUT2D eigenvalue weighted by atomic mass is 79.9. The maximum atomic E-state index is 9.69. The molecule has 0 aliphatic rings. The summed E-state index contributed by atoms with van der Waals surface area (Å²) in [7, 11) is 0. The number of hydrogen-bond acceptors (Lipinski definition) is 4. The van der Waals surface area contributed by atoms with E-state index in [2.05, 4.69) is 32.0 Å². The molecule has 154 valence electrons. The van der Waals surface area contributed by atoms with Gasteiger partial charge in [-0.2, -0.15) is 5.26 Å². The van der Waals surface area contributed by atoms with Gasteiger partial charge in [0.2, 0.25) is 0 Å². The minimum absolute atomic E-state index is 0.435. The molecule has 1 N–H and O–H groups in total. The monoisotopic (exact) mass is 473 g/mol. The van der Waals surface area contributed by atoms with Crippen LogP contribution in [0.1, 0.15) is 23.9 Å². The molecular formula is C25H20BrN3O2. The third-order valence-corrected chi connectivity index (χ3v) is 5.18. The second-order valence-corrected chi connectivity index (χ2v) is 7.74. The van der Waals surface area contributed by atoms with E-state index in [9.17, 15) is 5.26 Å². The molecule has 0 atom stereocenters. The third kappa shape index (κ3) is 4.96. The van der Waals surface area contributed by atoms with E-state index in [1.54, 1.807) is 6.08 Å². The Labute approximate surface area is 189 Å². The summed E-state index contributed by atoms with van der Waals surface area (Å²) >= 11 is 3.44. The van der Waals surface area contributed by atoms with Crippen LogP contribution in [-0.4, -0.2) is 16.6 Å². The number of hydrogen-bond donors (Lipinski definition) is 1. The molecule has 5 nitrogen and oxygen atoms in total. The lowest BCUT2D eigenvalue weighted by Gasteiger charge is -2.13. The van der Waals surface area contributed by atoms with Crippen molar-refractivity contribution in [1.29, 1.82) is 5.26 Å². The fourth-order valence-electron chi connectivity index (χ4n) is 3.14. The number of aromatic nitrogens is 2. The van der Waals surface area contributed by atoms with Crippen LogP contribution in [0.2, 0.25) is 0 Å². The highest BCUT2D eigenvalue weighted by molar-refractivity contribution is 9.10. The van der Waals surface area contributed by atoms with Crippen molar-refractivity contribution in [3.63, 3.8) is 0 Å². The Kier molecular flexibility index (Phi) is 6.34. The molecule has 4 aromatic rings. The van der Waals surface area contributed by atoms with E-state index >= 15 is 0 Å².